The molecule has 0 aliphatic carbocycles. The number of carbonyl (C=O) groups excluding carboxylic acids is 1. The van der Waals surface area contributed by atoms with Gasteiger partial charge in [0.15, 0.2) is 11.5 Å². The molecule has 0 saturated heterocycles. The molecule has 1 heterocycles. The van der Waals surface area contributed by atoms with E-state index in [2.05, 4.69) is 9.71 Å². The summed E-state index contributed by atoms with van der Waals surface area (Å²) < 4.78 is 34.6. The lowest BCUT2D eigenvalue weighted by Gasteiger charge is -2.13. The van der Waals surface area contributed by atoms with E-state index in [4.69, 9.17) is 16.0 Å². The zero-order valence-electron chi connectivity index (χ0n) is 18.8. The Morgan fingerprint density at radius 3 is 2.17 bits per heavy atom. The molecule has 0 unspecified atom stereocenters. The fraction of sp³-hybridized carbons (Fsp3) is 0. The minimum absolute atomic E-state index is 0.0224. The van der Waals surface area contributed by atoms with Gasteiger partial charge < -0.3 is 4.42 Å². The van der Waals surface area contributed by atoms with Crippen molar-refractivity contribution in [2.45, 2.75) is 4.90 Å². The van der Waals surface area contributed by atoms with E-state index in [9.17, 15) is 13.2 Å². The van der Waals surface area contributed by atoms with E-state index in [1.165, 1.54) is 30.3 Å². The number of nitrogens with one attached hydrogen (secondary N) is 1. The van der Waals surface area contributed by atoms with Gasteiger partial charge in [0, 0.05) is 27.3 Å². The molecular formula is C28H19ClN2O4S. The van der Waals surface area contributed by atoms with Crippen molar-refractivity contribution in [2.24, 2.45) is 0 Å². The summed E-state index contributed by atoms with van der Waals surface area (Å²) in [5, 5.41) is 0.322. The second-order valence-corrected chi connectivity index (χ2v) is 10.0. The van der Waals surface area contributed by atoms with Gasteiger partial charge in [-0.15, -0.1) is 0 Å². The Morgan fingerprint density at radius 1 is 0.806 bits per heavy atom. The lowest BCUT2D eigenvalue weighted by Crippen LogP contribution is -2.16. The Kier molecular flexibility index (Phi) is 6.41. The third-order valence-electron chi connectivity index (χ3n) is 5.48. The molecule has 6 nitrogen and oxygen atoms in total. The first kappa shape index (κ1) is 23.5. The van der Waals surface area contributed by atoms with Gasteiger partial charge in [-0.1, -0.05) is 72.3 Å². The van der Waals surface area contributed by atoms with Crippen molar-refractivity contribution in [3.05, 3.63) is 125 Å². The lowest BCUT2D eigenvalue weighted by molar-refractivity contribution is 0.103. The van der Waals surface area contributed by atoms with Crippen LogP contribution in [-0.2, 0) is 10.0 Å². The Labute approximate surface area is 213 Å². The Bertz CT molecular complexity index is 1630. The van der Waals surface area contributed by atoms with E-state index in [0.29, 0.717) is 27.8 Å². The van der Waals surface area contributed by atoms with E-state index in [1.54, 1.807) is 48.7 Å². The maximum absolute atomic E-state index is 13.1. The van der Waals surface area contributed by atoms with Crippen molar-refractivity contribution in [1.82, 2.24) is 4.98 Å². The van der Waals surface area contributed by atoms with E-state index < -0.39 is 10.0 Å². The van der Waals surface area contributed by atoms with Crippen molar-refractivity contribution in [1.29, 1.82) is 0 Å². The zero-order valence-corrected chi connectivity index (χ0v) is 20.3. The summed E-state index contributed by atoms with van der Waals surface area (Å²) in [6.07, 6.45) is 1.63. The van der Waals surface area contributed by atoms with E-state index in [-0.39, 0.29) is 21.9 Å². The number of sulfonamides is 1. The fourth-order valence-electron chi connectivity index (χ4n) is 3.66. The molecule has 178 valence electrons. The molecule has 1 N–H and O–H groups in total. The van der Waals surface area contributed by atoms with Crippen LogP contribution in [0.4, 0.5) is 5.69 Å². The Morgan fingerprint density at radius 2 is 1.47 bits per heavy atom. The average Bonchev–Trinajstić information content (AvgIpc) is 3.41. The third kappa shape index (κ3) is 4.93. The van der Waals surface area contributed by atoms with Crippen molar-refractivity contribution >= 4 is 33.1 Å². The highest BCUT2D eigenvalue weighted by Crippen LogP contribution is 2.29. The summed E-state index contributed by atoms with van der Waals surface area (Å²) in [6.45, 7) is 0. The summed E-state index contributed by atoms with van der Waals surface area (Å²) in [7, 11) is -4.00. The first-order valence-electron chi connectivity index (χ1n) is 10.9. The normalized spacial score (nSPS) is 11.2. The number of hydrogen-bond acceptors (Lipinski definition) is 5. The highest BCUT2D eigenvalue weighted by Gasteiger charge is 2.21. The first-order valence-corrected chi connectivity index (χ1v) is 12.8. The molecule has 0 saturated carbocycles. The van der Waals surface area contributed by atoms with Gasteiger partial charge in [0.25, 0.3) is 10.0 Å². The summed E-state index contributed by atoms with van der Waals surface area (Å²) >= 11 is 6.11. The second-order valence-electron chi connectivity index (χ2n) is 7.91. The zero-order chi connectivity index (χ0) is 25.1. The van der Waals surface area contributed by atoms with Crippen molar-refractivity contribution < 1.29 is 17.6 Å². The van der Waals surface area contributed by atoms with Gasteiger partial charge in [-0.3, -0.25) is 9.52 Å². The van der Waals surface area contributed by atoms with Crippen LogP contribution in [0.3, 0.4) is 0 Å². The number of oxazole rings is 1. The summed E-state index contributed by atoms with van der Waals surface area (Å²) in [5.41, 5.74) is 2.23. The van der Waals surface area contributed by atoms with E-state index in [1.807, 2.05) is 30.3 Å². The molecule has 36 heavy (non-hydrogen) atoms. The minimum Gasteiger partial charge on any atom is -0.436 e. The van der Waals surface area contributed by atoms with Crippen LogP contribution in [0.5, 0.6) is 0 Å². The Balaban J connectivity index is 1.40. The second kappa shape index (κ2) is 9.81. The molecule has 4 aromatic carbocycles. The highest BCUT2D eigenvalue weighted by atomic mass is 35.5. The number of ketones is 1. The summed E-state index contributed by atoms with van der Waals surface area (Å²) in [6, 6.07) is 28.7. The highest BCUT2D eigenvalue weighted by molar-refractivity contribution is 7.92. The topological polar surface area (TPSA) is 89.3 Å². The molecule has 0 bridgehead atoms. The van der Waals surface area contributed by atoms with Crippen molar-refractivity contribution in [3.63, 3.8) is 0 Å². The van der Waals surface area contributed by atoms with Crippen molar-refractivity contribution in [2.75, 3.05) is 4.72 Å². The van der Waals surface area contributed by atoms with Gasteiger partial charge in [0.1, 0.15) is 0 Å². The molecule has 8 heteroatoms. The molecule has 0 amide bonds. The number of anilines is 1. The fourth-order valence-corrected chi connectivity index (χ4v) is 4.91. The molecule has 0 radical (unpaired) electrons. The number of benzene rings is 4. The number of rotatable bonds is 7. The minimum atomic E-state index is -4.00. The lowest BCUT2D eigenvalue weighted by atomic mass is 10.0. The van der Waals surface area contributed by atoms with E-state index >= 15 is 0 Å². The van der Waals surface area contributed by atoms with Crippen LogP contribution in [-0.4, -0.2) is 19.2 Å². The van der Waals surface area contributed by atoms with Gasteiger partial charge in [-0.25, -0.2) is 13.4 Å². The molecule has 0 atom stereocenters. The molecule has 5 aromatic rings. The van der Waals surface area contributed by atoms with Gasteiger partial charge in [-0.2, -0.15) is 0 Å². The predicted molar refractivity (Wildman–Crippen MR) is 140 cm³/mol. The van der Waals surface area contributed by atoms with Crippen LogP contribution in [0.2, 0.25) is 5.02 Å². The van der Waals surface area contributed by atoms with Crippen LogP contribution in [0.1, 0.15) is 15.9 Å². The van der Waals surface area contributed by atoms with Crippen molar-refractivity contribution in [3.8, 4) is 22.8 Å². The summed E-state index contributed by atoms with van der Waals surface area (Å²) in [5.74, 6) is 0.644. The van der Waals surface area contributed by atoms with E-state index in [0.717, 1.165) is 5.56 Å². The maximum Gasteiger partial charge on any atom is 0.261 e. The number of nitrogens with zero attached hydrogens (tertiary/aromatic N) is 1. The van der Waals surface area contributed by atoms with Gasteiger partial charge >= 0.3 is 0 Å². The predicted octanol–water partition coefficient (Wildman–Crippen LogP) is 6.69. The standard InChI is InChI=1S/C28H19ClN2O4S/c29-22-13-16-25(24(17-22)27(32)20-9-5-2-6-10-20)31-36(33,34)23-14-11-21(12-15-23)28-30-18-26(35-28)19-7-3-1-4-8-19/h1-18,31H. The molecule has 0 spiro atoms. The van der Waals surface area contributed by atoms with Crippen LogP contribution < -0.4 is 4.72 Å². The van der Waals surface area contributed by atoms with Gasteiger partial charge in [0.05, 0.1) is 16.8 Å². The molecule has 5 rings (SSSR count). The average molecular weight is 515 g/mol. The number of halogens is 1. The maximum atomic E-state index is 13.1. The van der Waals surface area contributed by atoms with Crippen LogP contribution >= 0.6 is 11.6 Å². The number of hydrogen-bond donors (Lipinski definition) is 1. The largest absolute Gasteiger partial charge is 0.436 e. The SMILES string of the molecule is O=C(c1ccccc1)c1cc(Cl)ccc1NS(=O)(=O)c1ccc(-c2ncc(-c3ccccc3)o2)cc1. The molecule has 0 aliphatic rings. The smallest absolute Gasteiger partial charge is 0.261 e. The van der Waals surface area contributed by atoms with Gasteiger partial charge in [0.2, 0.25) is 5.89 Å². The van der Waals surface area contributed by atoms with Crippen LogP contribution in [0.15, 0.2) is 119 Å². The third-order valence-corrected chi connectivity index (χ3v) is 7.10. The Hall–Kier alpha value is -4.20. The van der Waals surface area contributed by atoms with Gasteiger partial charge in [-0.05, 0) is 42.5 Å². The molecule has 1 aromatic heterocycles. The van der Waals surface area contributed by atoms with Crippen LogP contribution in [0.25, 0.3) is 22.8 Å². The summed E-state index contributed by atoms with van der Waals surface area (Å²) in [4.78, 5) is 17.4. The number of aromatic nitrogens is 1. The molecule has 0 fully saturated rings. The first-order chi connectivity index (χ1) is 17.4. The molecular weight excluding hydrogens is 496 g/mol. The molecule has 0 aliphatic heterocycles. The van der Waals surface area contributed by atoms with Crippen LogP contribution in [0, 0.1) is 0 Å². The quantitative estimate of drug-likeness (QED) is 0.244. The monoisotopic (exact) mass is 514 g/mol. The number of carbonyl (C=O) groups is 1.